The Labute approximate surface area is 108 Å². The fourth-order valence-corrected chi connectivity index (χ4v) is 1.92. The summed E-state index contributed by atoms with van der Waals surface area (Å²) in [5, 5.41) is 13.1. The van der Waals surface area contributed by atoms with Gasteiger partial charge in [-0.05, 0) is 12.1 Å². The molecule has 0 aliphatic rings. The van der Waals surface area contributed by atoms with E-state index in [1.165, 1.54) is 36.0 Å². The van der Waals surface area contributed by atoms with Crippen LogP contribution in [0, 0.1) is 10.1 Å². The van der Waals surface area contributed by atoms with E-state index in [0.29, 0.717) is 17.3 Å². The lowest BCUT2D eigenvalue weighted by Gasteiger charge is -2.04. The minimum absolute atomic E-state index is 0.000450. The van der Waals surface area contributed by atoms with Crippen LogP contribution >= 0.6 is 23.4 Å². The minimum Gasteiger partial charge on any atom is -0.325 e. The number of nitrogens with zero attached hydrogens (tertiary/aromatic N) is 1. The van der Waals surface area contributed by atoms with E-state index < -0.39 is 4.92 Å². The molecule has 0 aliphatic heterocycles. The molecule has 0 unspecified atom stereocenters. The van der Waals surface area contributed by atoms with Crippen molar-refractivity contribution in [3.8, 4) is 0 Å². The Morgan fingerprint density at radius 1 is 1.41 bits per heavy atom. The molecule has 5 nitrogen and oxygen atoms in total. The van der Waals surface area contributed by atoms with Gasteiger partial charge in [0.05, 0.1) is 10.7 Å². The SMILES string of the molecule is O=C(CSCCCl)Nc1ccc([N+](=O)[O-])cc1. The number of carbonyl (C=O) groups excluding carboxylic acids is 1. The number of amides is 1. The molecule has 17 heavy (non-hydrogen) atoms. The van der Waals surface area contributed by atoms with Gasteiger partial charge < -0.3 is 5.32 Å². The second kappa shape index (κ2) is 7.13. The number of rotatable bonds is 6. The van der Waals surface area contributed by atoms with Crippen LogP contribution < -0.4 is 5.32 Å². The van der Waals surface area contributed by atoms with Gasteiger partial charge in [-0.3, -0.25) is 14.9 Å². The number of thioether (sulfide) groups is 1. The molecule has 92 valence electrons. The van der Waals surface area contributed by atoms with Gasteiger partial charge in [0.1, 0.15) is 0 Å². The monoisotopic (exact) mass is 274 g/mol. The molecule has 0 bridgehead atoms. The maximum absolute atomic E-state index is 11.4. The van der Waals surface area contributed by atoms with Crippen molar-refractivity contribution in [2.75, 3.05) is 22.7 Å². The Morgan fingerprint density at radius 3 is 2.59 bits per heavy atom. The number of halogens is 1. The maximum atomic E-state index is 11.4. The van der Waals surface area contributed by atoms with Gasteiger partial charge in [0.25, 0.3) is 5.69 Å². The van der Waals surface area contributed by atoms with E-state index in [4.69, 9.17) is 11.6 Å². The first kappa shape index (κ1) is 13.8. The third kappa shape index (κ3) is 5.06. The molecular formula is C10H11ClN2O3S. The van der Waals surface area contributed by atoms with Crippen LogP contribution in [0.2, 0.25) is 0 Å². The zero-order valence-electron chi connectivity index (χ0n) is 8.89. The quantitative estimate of drug-likeness (QED) is 0.374. The van der Waals surface area contributed by atoms with Crippen LogP contribution in [0.5, 0.6) is 0 Å². The summed E-state index contributed by atoms with van der Waals surface area (Å²) in [6.07, 6.45) is 0. The number of anilines is 1. The molecule has 0 fully saturated rings. The Bertz CT molecular complexity index is 397. The highest BCUT2D eigenvalue weighted by Crippen LogP contribution is 2.15. The van der Waals surface area contributed by atoms with E-state index in [-0.39, 0.29) is 11.6 Å². The molecule has 0 saturated heterocycles. The number of nitro benzene ring substituents is 1. The van der Waals surface area contributed by atoms with Gasteiger partial charge in [0.2, 0.25) is 5.91 Å². The van der Waals surface area contributed by atoms with Crippen molar-refractivity contribution >= 4 is 40.6 Å². The van der Waals surface area contributed by atoms with Gasteiger partial charge in [-0.2, -0.15) is 11.8 Å². The van der Waals surface area contributed by atoms with Crippen molar-refractivity contribution in [2.45, 2.75) is 0 Å². The second-order valence-corrected chi connectivity index (χ2v) is 4.58. The fraction of sp³-hybridized carbons (Fsp3) is 0.300. The van der Waals surface area contributed by atoms with E-state index in [0.717, 1.165) is 5.75 Å². The Kier molecular flexibility index (Phi) is 5.79. The van der Waals surface area contributed by atoms with Crippen LogP contribution in [-0.2, 0) is 4.79 Å². The zero-order chi connectivity index (χ0) is 12.7. The normalized spacial score (nSPS) is 9.94. The molecule has 0 aromatic heterocycles. The highest BCUT2D eigenvalue weighted by atomic mass is 35.5. The zero-order valence-corrected chi connectivity index (χ0v) is 10.5. The third-order valence-electron chi connectivity index (χ3n) is 1.82. The molecule has 0 heterocycles. The van der Waals surface area contributed by atoms with Gasteiger partial charge >= 0.3 is 0 Å². The molecule has 1 aromatic carbocycles. The van der Waals surface area contributed by atoms with Crippen LogP contribution in [0.15, 0.2) is 24.3 Å². The predicted octanol–water partition coefficient (Wildman–Crippen LogP) is 2.51. The predicted molar refractivity (Wildman–Crippen MR) is 69.8 cm³/mol. The molecule has 0 aliphatic carbocycles. The van der Waals surface area contributed by atoms with Crippen molar-refractivity contribution in [1.29, 1.82) is 0 Å². The summed E-state index contributed by atoms with van der Waals surface area (Å²) in [7, 11) is 0. The van der Waals surface area contributed by atoms with Crippen molar-refractivity contribution in [1.82, 2.24) is 0 Å². The van der Waals surface area contributed by atoms with Gasteiger partial charge in [0.15, 0.2) is 0 Å². The van der Waals surface area contributed by atoms with E-state index in [1.807, 2.05) is 0 Å². The minimum atomic E-state index is -0.484. The first-order valence-electron chi connectivity index (χ1n) is 4.81. The number of carbonyl (C=O) groups is 1. The number of hydrogen-bond acceptors (Lipinski definition) is 4. The molecule has 0 radical (unpaired) electrons. The topological polar surface area (TPSA) is 72.2 Å². The third-order valence-corrected chi connectivity index (χ3v) is 3.19. The van der Waals surface area contributed by atoms with Gasteiger partial charge in [-0.15, -0.1) is 11.6 Å². The summed E-state index contributed by atoms with van der Waals surface area (Å²) in [6.45, 7) is 0. The van der Waals surface area contributed by atoms with Gasteiger partial charge in [0, 0.05) is 29.5 Å². The first-order valence-corrected chi connectivity index (χ1v) is 6.50. The first-order chi connectivity index (χ1) is 8.13. The Hall–Kier alpha value is -1.27. The van der Waals surface area contributed by atoms with E-state index in [2.05, 4.69) is 5.32 Å². The lowest BCUT2D eigenvalue weighted by Crippen LogP contribution is -2.14. The molecule has 0 atom stereocenters. The molecule has 7 heteroatoms. The standard InChI is InChI=1S/C10H11ClN2O3S/c11-5-6-17-7-10(14)12-8-1-3-9(4-2-8)13(15)16/h1-4H,5-7H2,(H,12,14). The van der Waals surface area contributed by atoms with E-state index in [1.54, 1.807) is 0 Å². The average molecular weight is 275 g/mol. The van der Waals surface area contributed by atoms with E-state index >= 15 is 0 Å². The van der Waals surface area contributed by atoms with E-state index in [9.17, 15) is 14.9 Å². The number of nitrogens with one attached hydrogen (secondary N) is 1. The summed E-state index contributed by atoms with van der Waals surface area (Å²) < 4.78 is 0. The number of nitro groups is 1. The molecule has 1 aromatic rings. The van der Waals surface area contributed by atoms with Crippen LogP contribution in [0.3, 0.4) is 0 Å². The molecule has 1 rings (SSSR count). The van der Waals surface area contributed by atoms with Crippen LogP contribution in [0.1, 0.15) is 0 Å². The number of alkyl halides is 1. The summed E-state index contributed by atoms with van der Waals surface area (Å²) in [4.78, 5) is 21.3. The van der Waals surface area contributed by atoms with Crippen LogP contribution in [0.25, 0.3) is 0 Å². The highest BCUT2D eigenvalue weighted by molar-refractivity contribution is 8.00. The smallest absolute Gasteiger partial charge is 0.269 e. The summed E-state index contributed by atoms with van der Waals surface area (Å²) >= 11 is 6.91. The lowest BCUT2D eigenvalue weighted by molar-refractivity contribution is -0.384. The van der Waals surface area contributed by atoms with Crippen molar-refractivity contribution in [2.24, 2.45) is 0 Å². The average Bonchev–Trinajstić information content (AvgIpc) is 2.30. The lowest BCUT2D eigenvalue weighted by atomic mass is 10.3. The number of hydrogen-bond donors (Lipinski definition) is 1. The summed E-state index contributed by atoms with van der Waals surface area (Å²) in [5.41, 5.74) is 0.548. The second-order valence-electron chi connectivity index (χ2n) is 3.09. The number of non-ortho nitro benzene ring substituents is 1. The van der Waals surface area contributed by atoms with Crippen molar-refractivity contribution in [3.05, 3.63) is 34.4 Å². The molecule has 0 saturated carbocycles. The summed E-state index contributed by atoms with van der Waals surface area (Å²) in [6, 6.07) is 5.70. The largest absolute Gasteiger partial charge is 0.325 e. The van der Waals surface area contributed by atoms with Gasteiger partial charge in [-0.1, -0.05) is 0 Å². The number of benzene rings is 1. The van der Waals surface area contributed by atoms with Gasteiger partial charge in [-0.25, -0.2) is 0 Å². The maximum Gasteiger partial charge on any atom is 0.269 e. The Morgan fingerprint density at radius 2 is 2.06 bits per heavy atom. The van der Waals surface area contributed by atoms with Crippen LogP contribution in [-0.4, -0.2) is 28.2 Å². The highest BCUT2D eigenvalue weighted by Gasteiger charge is 2.06. The Balaban J connectivity index is 2.46. The van der Waals surface area contributed by atoms with Crippen molar-refractivity contribution in [3.63, 3.8) is 0 Å². The molecule has 1 N–H and O–H groups in total. The van der Waals surface area contributed by atoms with Crippen molar-refractivity contribution < 1.29 is 9.72 Å². The molecule has 0 spiro atoms. The molecule has 1 amide bonds. The molecular weight excluding hydrogens is 264 g/mol. The summed E-state index contributed by atoms with van der Waals surface area (Å²) in [5.74, 6) is 1.41. The fourth-order valence-electron chi connectivity index (χ4n) is 1.08. The van der Waals surface area contributed by atoms with Crippen LogP contribution in [0.4, 0.5) is 11.4 Å².